The van der Waals surface area contributed by atoms with Gasteiger partial charge < -0.3 is 10.4 Å². The van der Waals surface area contributed by atoms with Crippen molar-refractivity contribution in [1.82, 2.24) is 5.32 Å². The van der Waals surface area contributed by atoms with Gasteiger partial charge in [0, 0.05) is 13.0 Å². The highest BCUT2D eigenvalue weighted by Gasteiger charge is 2.25. The Morgan fingerprint density at radius 2 is 1.74 bits per heavy atom. The van der Waals surface area contributed by atoms with Crippen LogP contribution in [0, 0.1) is 5.82 Å². The van der Waals surface area contributed by atoms with Gasteiger partial charge in [-0.2, -0.15) is 13.2 Å². The number of hydrogen-bond acceptors (Lipinski definition) is 2. The van der Waals surface area contributed by atoms with Gasteiger partial charge in [-0.25, -0.2) is 4.39 Å². The summed E-state index contributed by atoms with van der Waals surface area (Å²) in [5, 5.41) is 12.6. The summed E-state index contributed by atoms with van der Waals surface area (Å²) in [7, 11) is 0. The lowest BCUT2D eigenvalue weighted by molar-refractivity contribution is -0.135. The van der Waals surface area contributed by atoms with Crippen molar-refractivity contribution in [3.63, 3.8) is 0 Å². The van der Waals surface area contributed by atoms with E-state index < -0.39 is 18.7 Å². The molecule has 6 heteroatoms. The molecule has 0 heterocycles. The molecule has 2 N–H and O–H groups in total. The Kier molecular flexibility index (Phi) is 6.24. The highest BCUT2D eigenvalue weighted by Crippen LogP contribution is 2.21. The summed E-state index contributed by atoms with van der Waals surface area (Å²) in [6.07, 6.45) is -5.20. The molecule has 0 amide bonds. The van der Waals surface area contributed by atoms with E-state index >= 15 is 0 Å². The van der Waals surface area contributed by atoms with Crippen molar-refractivity contribution in [3.05, 3.63) is 35.6 Å². The Morgan fingerprint density at radius 1 is 1.11 bits per heavy atom. The van der Waals surface area contributed by atoms with Crippen LogP contribution in [0.15, 0.2) is 24.3 Å². The first-order chi connectivity index (χ1) is 8.88. The van der Waals surface area contributed by atoms with Crippen molar-refractivity contribution in [2.24, 2.45) is 0 Å². The summed E-state index contributed by atoms with van der Waals surface area (Å²) in [5.41, 5.74) is 0.573. The van der Waals surface area contributed by atoms with Crippen LogP contribution in [0.2, 0.25) is 0 Å². The fraction of sp³-hybridized carbons (Fsp3) is 0.538. The second-order valence-electron chi connectivity index (χ2n) is 4.34. The summed E-state index contributed by atoms with van der Waals surface area (Å²) in [5.74, 6) is -0.379. The smallest absolute Gasteiger partial charge is 0.387 e. The lowest BCUT2D eigenvalue weighted by Gasteiger charge is -2.12. The van der Waals surface area contributed by atoms with Gasteiger partial charge in [0.2, 0.25) is 0 Å². The molecule has 108 valence electrons. The van der Waals surface area contributed by atoms with Gasteiger partial charge in [-0.1, -0.05) is 12.1 Å². The summed E-state index contributed by atoms with van der Waals surface area (Å²) < 4.78 is 48.2. The molecule has 0 spiro atoms. The maximum absolute atomic E-state index is 12.6. The molecule has 0 radical (unpaired) electrons. The largest absolute Gasteiger partial charge is 0.389 e. The molecule has 0 aromatic heterocycles. The zero-order valence-electron chi connectivity index (χ0n) is 10.4. The number of aliphatic hydroxyl groups excluding tert-OH is 1. The fourth-order valence-corrected chi connectivity index (χ4v) is 1.62. The molecule has 0 aliphatic heterocycles. The first-order valence-corrected chi connectivity index (χ1v) is 6.09. The Labute approximate surface area is 109 Å². The van der Waals surface area contributed by atoms with Gasteiger partial charge in [0.1, 0.15) is 5.82 Å². The van der Waals surface area contributed by atoms with Crippen molar-refractivity contribution in [2.45, 2.75) is 31.5 Å². The predicted molar refractivity (Wildman–Crippen MR) is 64.1 cm³/mol. The summed E-state index contributed by atoms with van der Waals surface area (Å²) in [4.78, 5) is 0. The number of benzene rings is 1. The maximum atomic E-state index is 12.6. The highest BCUT2D eigenvalue weighted by atomic mass is 19.4. The predicted octanol–water partition coefficient (Wildman–Crippen LogP) is 3.18. The van der Waals surface area contributed by atoms with E-state index in [1.54, 1.807) is 0 Å². The standard InChI is InChI=1S/C13H17F4NO/c14-11-5-3-10(4-6-11)12(19)9-18-8-2-1-7-13(15,16)17/h3-6,12,18-19H,1-2,7-9H2. The van der Waals surface area contributed by atoms with E-state index in [4.69, 9.17) is 0 Å². The quantitative estimate of drug-likeness (QED) is 0.593. The Hall–Kier alpha value is -1.14. The molecule has 1 rings (SSSR count). The van der Waals surface area contributed by atoms with Gasteiger partial charge >= 0.3 is 6.18 Å². The van der Waals surface area contributed by atoms with E-state index in [0.29, 0.717) is 18.5 Å². The Morgan fingerprint density at radius 3 is 2.32 bits per heavy atom. The van der Waals surface area contributed by atoms with Gasteiger partial charge in [0.25, 0.3) is 0 Å². The number of halogens is 4. The minimum atomic E-state index is -4.10. The van der Waals surface area contributed by atoms with Crippen molar-refractivity contribution in [3.8, 4) is 0 Å². The van der Waals surface area contributed by atoms with Crippen LogP contribution in [0.5, 0.6) is 0 Å². The van der Waals surface area contributed by atoms with Crippen LogP contribution >= 0.6 is 0 Å². The Bertz CT molecular complexity index is 364. The van der Waals surface area contributed by atoms with Crippen molar-refractivity contribution in [2.75, 3.05) is 13.1 Å². The fourth-order valence-electron chi connectivity index (χ4n) is 1.62. The lowest BCUT2D eigenvalue weighted by Crippen LogP contribution is -2.22. The third-order valence-corrected chi connectivity index (χ3v) is 2.66. The molecule has 1 aromatic carbocycles. The van der Waals surface area contributed by atoms with Crippen molar-refractivity contribution in [1.29, 1.82) is 0 Å². The summed E-state index contributed by atoms with van der Waals surface area (Å²) in [6, 6.07) is 5.46. The highest BCUT2D eigenvalue weighted by molar-refractivity contribution is 5.18. The molecule has 1 atom stereocenters. The second kappa shape index (κ2) is 7.45. The Balaban J connectivity index is 2.14. The van der Waals surface area contributed by atoms with Crippen LogP contribution in [0.3, 0.4) is 0 Å². The summed E-state index contributed by atoms with van der Waals surface area (Å²) >= 11 is 0. The molecule has 0 bridgehead atoms. The molecule has 1 aromatic rings. The van der Waals surface area contributed by atoms with E-state index in [0.717, 1.165) is 0 Å². The van der Waals surface area contributed by atoms with Gasteiger partial charge in [-0.15, -0.1) is 0 Å². The van der Waals surface area contributed by atoms with Crippen molar-refractivity contribution >= 4 is 0 Å². The van der Waals surface area contributed by atoms with E-state index in [-0.39, 0.29) is 18.8 Å². The lowest BCUT2D eigenvalue weighted by atomic mass is 10.1. The SMILES string of the molecule is OC(CNCCCCC(F)(F)F)c1ccc(F)cc1. The number of nitrogens with one attached hydrogen (secondary N) is 1. The van der Waals surface area contributed by atoms with Crippen LogP contribution in [0.1, 0.15) is 30.9 Å². The number of aliphatic hydroxyl groups is 1. The average Bonchev–Trinajstić information content (AvgIpc) is 2.33. The molecule has 0 saturated carbocycles. The van der Waals surface area contributed by atoms with E-state index in [2.05, 4.69) is 5.32 Å². The first kappa shape index (κ1) is 15.9. The number of hydrogen-bond donors (Lipinski definition) is 2. The van der Waals surface area contributed by atoms with Crippen molar-refractivity contribution < 1.29 is 22.7 Å². The average molecular weight is 279 g/mol. The molecule has 1 unspecified atom stereocenters. The van der Waals surface area contributed by atoms with Crippen LogP contribution in [-0.2, 0) is 0 Å². The molecule has 0 aliphatic rings. The molecular formula is C13H17F4NO. The van der Waals surface area contributed by atoms with Gasteiger partial charge in [-0.05, 0) is 37.1 Å². The van der Waals surface area contributed by atoms with Gasteiger partial charge in [0.05, 0.1) is 6.10 Å². The van der Waals surface area contributed by atoms with Crippen LogP contribution in [-0.4, -0.2) is 24.4 Å². The monoisotopic (exact) mass is 279 g/mol. The normalized spacial score (nSPS) is 13.5. The van der Waals surface area contributed by atoms with Crippen LogP contribution < -0.4 is 5.32 Å². The number of rotatable bonds is 7. The molecule has 0 saturated heterocycles. The van der Waals surface area contributed by atoms with E-state index in [9.17, 15) is 22.7 Å². The minimum absolute atomic E-state index is 0.0726. The molecule has 2 nitrogen and oxygen atoms in total. The zero-order valence-corrected chi connectivity index (χ0v) is 10.4. The van der Waals surface area contributed by atoms with Crippen LogP contribution in [0.25, 0.3) is 0 Å². The second-order valence-corrected chi connectivity index (χ2v) is 4.34. The topological polar surface area (TPSA) is 32.3 Å². The zero-order chi connectivity index (χ0) is 14.3. The maximum Gasteiger partial charge on any atom is 0.389 e. The van der Waals surface area contributed by atoms with E-state index in [1.165, 1.54) is 24.3 Å². The number of alkyl halides is 3. The molecule has 0 aliphatic carbocycles. The number of unbranched alkanes of at least 4 members (excludes halogenated alkanes) is 1. The molecule has 0 fully saturated rings. The first-order valence-electron chi connectivity index (χ1n) is 6.09. The molecule has 19 heavy (non-hydrogen) atoms. The third kappa shape index (κ3) is 7.12. The minimum Gasteiger partial charge on any atom is -0.387 e. The summed E-state index contributed by atoms with van der Waals surface area (Å²) in [6.45, 7) is 0.645. The van der Waals surface area contributed by atoms with Crippen LogP contribution in [0.4, 0.5) is 17.6 Å². The third-order valence-electron chi connectivity index (χ3n) is 2.66. The van der Waals surface area contributed by atoms with Gasteiger partial charge in [0.15, 0.2) is 0 Å². The molecular weight excluding hydrogens is 262 g/mol. The van der Waals surface area contributed by atoms with E-state index in [1.807, 2.05) is 0 Å². The van der Waals surface area contributed by atoms with Gasteiger partial charge in [-0.3, -0.25) is 0 Å².